The third-order valence-corrected chi connectivity index (χ3v) is 3.28. The van der Waals surface area contributed by atoms with E-state index in [-0.39, 0.29) is 5.91 Å². The largest absolute Gasteiger partial charge is 0.348 e. The minimum atomic E-state index is -0.168. The molecule has 2 rings (SSSR count). The summed E-state index contributed by atoms with van der Waals surface area (Å²) in [6.07, 6.45) is 0.734. The summed E-state index contributed by atoms with van der Waals surface area (Å²) < 4.78 is 0. The molecule has 0 unspecified atom stereocenters. The summed E-state index contributed by atoms with van der Waals surface area (Å²) >= 11 is 11.7. The van der Waals surface area contributed by atoms with Crippen molar-refractivity contribution in [3.63, 3.8) is 0 Å². The Bertz CT molecular complexity index is 612. The van der Waals surface area contributed by atoms with Crippen molar-refractivity contribution in [2.45, 2.75) is 19.9 Å². The maximum Gasteiger partial charge on any atom is 0.251 e. The van der Waals surface area contributed by atoms with Gasteiger partial charge in [0.2, 0.25) is 0 Å². The number of rotatable bonds is 4. The number of hydrogen-bond acceptors (Lipinski definition) is 2. The van der Waals surface area contributed by atoms with E-state index in [2.05, 4.69) is 10.3 Å². The lowest BCUT2D eigenvalue weighted by molar-refractivity contribution is 0.0950. The van der Waals surface area contributed by atoms with Gasteiger partial charge in [-0.2, -0.15) is 0 Å². The van der Waals surface area contributed by atoms with E-state index in [0.717, 1.165) is 17.7 Å². The van der Waals surface area contributed by atoms with E-state index in [4.69, 9.17) is 23.2 Å². The Morgan fingerprint density at radius 1 is 1.20 bits per heavy atom. The van der Waals surface area contributed by atoms with Gasteiger partial charge in [-0.1, -0.05) is 42.3 Å². The summed E-state index contributed by atoms with van der Waals surface area (Å²) in [5.74, 6) is -0.168. The Balaban J connectivity index is 2.04. The predicted octanol–water partition coefficient (Wildman–Crippen LogP) is 3.88. The summed E-state index contributed by atoms with van der Waals surface area (Å²) in [7, 11) is 0. The molecule has 0 aliphatic heterocycles. The van der Waals surface area contributed by atoms with Crippen LogP contribution in [-0.4, -0.2) is 10.9 Å². The standard InChI is InChI=1S/C15H14Cl2N2O/c1-2-13-7-11(8-14(17)19-13)15(20)18-9-10-3-5-12(16)6-4-10/h3-8H,2,9H2,1H3,(H,18,20). The van der Waals surface area contributed by atoms with Crippen LogP contribution in [0.4, 0.5) is 0 Å². The van der Waals surface area contributed by atoms with E-state index >= 15 is 0 Å². The first-order valence-corrected chi connectivity index (χ1v) is 7.03. The van der Waals surface area contributed by atoms with Crippen LogP contribution in [0.1, 0.15) is 28.5 Å². The fourth-order valence-corrected chi connectivity index (χ4v) is 2.10. The monoisotopic (exact) mass is 308 g/mol. The predicted molar refractivity (Wildman–Crippen MR) is 81.2 cm³/mol. The van der Waals surface area contributed by atoms with Crippen LogP contribution in [0, 0.1) is 0 Å². The summed E-state index contributed by atoms with van der Waals surface area (Å²) in [6, 6.07) is 10.7. The van der Waals surface area contributed by atoms with Gasteiger partial charge in [-0.15, -0.1) is 0 Å². The molecule has 1 N–H and O–H groups in total. The number of amides is 1. The Morgan fingerprint density at radius 2 is 1.90 bits per heavy atom. The molecule has 20 heavy (non-hydrogen) atoms. The number of benzene rings is 1. The van der Waals surface area contributed by atoms with E-state index in [1.54, 1.807) is 24.3 Å². The highest BCUT2D eigenvalue weighted by molar-refractivity contribution is 6.30. The van der Waals surface area contributed by atoms with Crippen LogP contribution in [0.25, 0.3) is 0 Å². The molecule has 0 spiro atoms. The van der Waals surface area contributed by atoms with Gasteiger partial charge in [0, 0.05) is 22.8 Å². The van der Waals surface area contributed by atoms with Crippen molar-refractivity contribution in [1.82, 2.24) is 10.3 Å². The highest BCUT2D eigenvalue weighted by Crippen LogP contribution is 2.12. The van der Waals surface area contributed by atoms with Gasteiger partial charge in [0.25, 0.3) is 5.91 Å². The Hall–Kier alpha value is -1.58. The normalized spacial score (nSPS) is 10.3. The van der Waals surface area contributed by atoms with Crippen LogP contribution < -0.4 is 5.32 Å². The maximum atomic E-state index is 12.1. The lowest BCUT2D eigenvalue weighted by Crippen LogP contribution is -2.23. The van der Waals surface area contributed by atoms with Crippen molar-refractivity contribution in [3.05, 3.63) is 63.4 Å². The zero-order valence-electron chi connectivity index (χ0n) is 11.0. The number of nitrogens with one attached hydrogen (secondary N) is 1. The molecular weight excluding hydrogens is 295 g/mol. The van der Waals surface area contributed by atoms with Crippen molar-refractivity contribution in [2.75, 3.05) is 0 Å². The van der Waals surface area contributed by atoms with Crippen LogP contribution in [0.3, 0.4) is 0 Å². The number of carbonyl (C=O) groups excluding carboxylic acids is 1. The van der Waals surface area contributed by atoms with Gasteiger partial charge in [-0.25, -0.2) is 4.98 Å². The zero-order valence-corrected chi connectivity index (χ0v) is 12.5. The number of halogens is 2. The SMILES string of the molecule is CCc1cc(C(=O)NCc2ccc(Cl)cc2)cc(Cl)n1. The highest BCUT2D eigenvalue weighted by atomic mass is 35.5. The Labute approximate surface area is 127 Å². The number of hydrogen-bond donors (Lipinski definition) is 1. The molecule has 1 aromatic carbocycles. The molecule has 1 heterocycles. The van der Waals surface area contributed by atoms with E-state index in [1.165, 1.54) is 0 Å². The quantitative estimate of drug-likeness (QED) is 0.871. The highest BCUT2D eigenvalue weighted by Gasteiger charge is 2.08. The van der Waals surface area contributed by atoms with Gasteiger partial charge < -0.3 is 5.32 Å². The second-order valence-electron chi connectivity index (χ2n) is 4.33. The number of carbonyl (C=O) groups is 1. The van der Waals surface area contributed by atoms with Crippen LogP contribution in [-0.2, 0) is 13.0 Å². The smallest absolute Gasteiger partial charge is 0.251 e. The van der Waals surface area contributed by atoms with Crippen LogP contribution in [0.15, 0.2) is 36.4 Å². The van der Waals surface area contributed by atoms with Gasteiger partial charge in [0.15, 0.2) is 0 Å². The first kappa shape index (κ1) is 14.8. The van der Waals surface area contributed by atoms with Gasteiger partial charge >= 0.3 is 0 Å². The van der Waals surface area contributed by atoms with E-state index in [9.17, 15) is 4.79 Å². The average molecular weight is 309 g/mol. The fourth-order valence-electron chi connectivity index (χ4n) is 1.75. The average Bonchev–Trinajstić information content (AvgIpc) is 2.45. The number of aryl methyl sites for hydroxylation is 1. The molecular formula is C15H14Cl2N2O. The minimum Gasteiger partial charge on any atom is -0.348 e. The Kier molecular flexibility index (Phi) is 4.99. The van der Waals surface area contributed by atoms with Crippen molar-refractivity contribution < 1.29 is 4.79 Å². The third-order valence-electron chi connectivity index (χ3n) is 2.84. The molecule has 0 atom stereocenters. The first-order chi connectivity index (χ1) is 9.58. The zero-order chi connectivity index (χ0) is 14.5. The van der Waals surface area contributed by atoms with Gasteiger partial charge in [-0.3, -0.25) is 4.79 Å². The molecule has 5 heteroatoms. The lowest BCUT2D eigenvalue weighted by atomic mass is 10.2. The van der Waals surface area contributed by atoms with Gasteiger partial charge in [0.05, 0.1) is 0 Å². The Morgan fingerprint density at radius 3 is 2.55 bits per heavy atom. The van der Waals surface area contributed by atoms with E-state index in [1.807, 2.05) is 19.1 Å². The summed E-state index contributed by atoms with van der Waals surface area (Å²) in [4.78, 5) is 16.2. The summed E-state index contributed by atoms with van der Waals surface area (Å²) in [6.45, 7) is 2.41. The second-order valence-corrected chi connectivity index (χ2v) is 5.16. The molecule has 0 fully saturated rings. The van der Waals surface area contributed by atoms with Crippen molar-refractivity contribution in [2.24, 2.45) is 0 Å². The molecule has 0 saturated carbocycles. The molecule has 104 valence electrons. The molecule has 2 aromatic rings. The number of nitrogens with zero attached hydrogens (tertiary/aromatic N) is 1. The number of aromatic nitrogens is 1. The minimum absolute atomic E-state index is 0.168. The van der Waals surface area contributed by atoms with Crippen LogP contribution in [0.2, 0.25) is 10.2 Å². The topological polar surface area (TPSA) is 42.0 Å². The molecule has 0 bridgehead atoms. The van der Waals surface area contributed by atoms with Crippen LogP contribution in [0.5, 0.6) is 0 Å². The van der Waals surface area contributed by atoms with Crippen LogP contribution >= 0.6 is 23.2 Å². The van der Waals surface area contributed by atoms with E-state index in [0.29, 0.717) is 22.3 Å². The lowest BCUT2D eigenvalue weighted by Gasteiger charge is -2.07. The number of pyridine rings is 1. The molecule has 3 nitrogen and oxygen atoms in total. The maximum absolute atomic E-state index is 12.1. The first-order valence-electron chi connectivity index (χ1n) is 6.27. The molecule has 0 aliphatic rings. The summed E-state index contributed by atoms with van der Waals surface area (Å²) in [5, 5.41) is 3.85. The molecule has 1 amide bonds. The van der Waals surface area contributed by atoms with Crippen molar-refractivity contribution >= 4 is 29.1 Å². The van der Waals surface area contributed by atoms with Crippen molar-refractivity contribution in [1.29, 1.82) is 0 Å². The molecule has 0 radical (unpaired) electrons. The summed E-state index contributed by atoms with van der Waals surface area (Å²) in [5.41, 5.74) is 2.31. The van der Waals surface area contributed by atoms with Gasteiger partial charge in [-0.05, 0) is 36.2 Å². The van der Waals surface area contributed by atoms with Crippen molar-refractivity contribution in [3.8, 4) is 0 Å². The third kappa shape index (κ3) is 3.95. The fraction of sp³-hybridized carbons (Fsp3) is 0.200. The molecule has 0 saturated heterocycles. The molecule has 1 aromatic heterocycles. The second kappa shape index (κ2) is 6.73. The molecule has 0 aliphatic carbocycles. The van der Waals surface area contributed by atoms with Gasteiger partial charge in [0.1, 0.15) is 5.15 Å². The van der Waals surface area contributed by atoms with E-state index < -0.39 is 0 Å².